The van der Waals surface area contributed by atoms with E-state index >= 15 is 0 Å². The Morgan fingerprint density at radius 3 is 2.26 bits per heavy atom. The number of benzene rings is 3. The molecule has 1 aromatic heterocycles. The Balaban J connectivity index is 1.50. The second-order valence-electron chi connectivity index (χ2n) is 7.29. The highest BCUT2D eigenvalue weighted by Gasteiger charge is 2.20. The number of para-hydroxylation sites is 2. The molecular formula is C26H21ClN2O2. The first-order valence-corrected chi connectivity index (χ1v) is 10.6. The van der Waals surface area contributed by atoms with E-state index in [-0.39, 0.29) is 0 Å². The van der Waals surface area contributed by atoms with Gasteiger partial charge in [-0.05, 0) is 42.3 Å². The number of fused-ring (bicyclic) bond motifs is 2. The minimum Gasteiger partial charge on any atom is -0.492 e. The van der Waals surface area contributed by atoms with Crippen LogP contribution in [0.25, 0.3) is 23.4 Å². The molecule has 0 saturated carbocycles. The fraction of sp³-hybridized carbons (Fsp3) is 0.115. The van der Waals surface area contributed by atoms with E-state index < -0.39 is 0 Å². The van der Waals surface area contributed by atoms with Crippen LogP contribution in [0.15, 0.2) is 77.3 Å². The lowest BCUT2D eigenvalue weighted by atomic mass is 10.1. The predicted octanol–water partition coefficient (Wildman–Crippen LogP) is 7.22. The lowest BCUT2D eigenvalue weighted by Crippen LogP contribution is -2.17. The molecule has 5 heteroatoms. The number of rotatable bonds is 5. The van der Waals surface area contributed by atoms with Gasteiger partial charge in [0.25, 0.3) is 0 Å². The Morgan fingerprint density at radius 2 is 1.58 bits per heavy atom. The van der Waals surface area contributed by atoms with Gasteiger partial charge in [0, 0.05) is 23.0 Å². The van der Waals surface area contributed by atoms with Gasteiger partial charge in [-0.3, -0.25) is 0 Å². The summed E-state index contributed by atoms with van der Waals surface area (Å²) >= 11 is 6.23. The maximum absolute atomic E-state index is 6.23. The average Bonchev–Trinajstić information content (AvgIpc) is 3.21. The van der Waals surface area contributed by atoms with Gasteiger partial charge in [0.05, 0.1) is 18.2 Å². The van der Waals surface area contributed by atoms with Crippen molar-refractivity contribution < 1.29 is 9.26 Å². The summed E-state index contributed by atoms with van der Waals surface area (Å²) in [4.78, 5) is 2.27. The molecule has 5 rings (SSSR count). The smallest absolute Gasteiger partial charge is 0.157 e. The molecule has 2 heterocycles. The minimum atomic E-state index is 0.551. The van der Waals surface area contributed by atoms with Crippen LogP contribution in [0.4, 0.5) is 11.4 Å². The second kappa shape index (κ2) is 8.32. The van der Waals surface area contributed by atoms with Crippen molar-refractivity contribution in [3.63, 3.8) is 0 Å². The molecule has 0 unspecified atom stereocenters. The van der Waals surface area contributed by atoms with E-state index in [1.54, 1.807) is 0 Å². The molecule has 0 spiro atoms. The summed E-state index contributed by atoms with van der Waals surface area (Å²) in [7, 11) is 0. The molecule has 3 aromatic carbocycles. The molecule has 4 aromatic rings. The highest BCUT2D eigenvalue weighted by Crippen LogP contribution is 2.38. The fourth-order valence-electron chi connectivity index (χ4n) is 3.84. The summed E-state index contributed by atoms with van der Waals surface area (Å²) in [6.07, 6.45) is 4.31. The summed E-state index contributed by atoms with van der Waals surface area (Å²) in [6.45, 7) is 3.05. The number of anilines is 2. The highest BCUT2D eigenvalue weighted by molar-refractivity contribution is 6.32. The van der Waals surface area contributed by atoms with Gasteiger partial charge in [-0.2, -0.15) is 0 Å². The van der Waals surface area contributed by atoms with Crippen LogP contribution in [0.5, 0.6) is 5.75 Å². The van der Waals surface area contributed by atoms with Crippen molar-refractivity contribution in [2.75, 3.05) is 11.5 Å². The van der Waals surface area contributed by atoms with Crippen LogP contribution in [0.2, 0.25) is 5.02 Å². The van der Waals surface area contributed by atoms with Crippen LogP contribution < -0.4 is 9.64 Å². The molecule has 0 atom stereocenters. The zero-order valence-electron chi connectivity index (χ0n) is 17.1. The third kappa shape index (κ3) is 3.82. The van der Waals surface area contributed by atoms with Gasteiger partial charge in [-0.1, -0.05) is 71.4 Å². The Labute approximate surface area is 186 Å². The molecule has 0 radical (unpaired) electrons. The Hall–Kier alpha value is -3.50. The lowest BCUT2D eigenvalue weighted by Gasteiger charge is -2.25. The van der Waals surface area contributed by atoms with Crippen molar-refractivity contribution in [2.24, 2.45) is 0 Å². The van der Waals surface area contributed by atoms with Gasteiger partial charge < -0.3 is 14.2 Å². The first-order chi connectivity index (χ1) is 15.2. The van der Waals surface area contributed by atoms with E-state index in [1.165, 1.54) is 0 Å². The molecule has 0 bridgehead atoms. The first kappa shape index (κ1) is 19.5. The SMILES string of the molecule is CCOc1cc(-c2cc(CN3c4ccccc4C=Cc4ccccc43)on2)ccc1Cl. The number of aromatic nitrogens is 1. The minimum absolute atomic E-state index is 0.551. The van der Waals surface area contributed by atoms with Crippen molar-refractivity contribution >= 4 is 35.1 Å². The van der Waals surface area contributed by atoms with Crippen LogP contribution in [0.3, 0.4) is 0 Å². The zero-order chi connectivity index (χ0) is 21.2. The molecule has 4 nitrogen and oxygen atoms in total. The van der Waals surface area contributed by atoms with E-state index in [2.05, 4.69) is 70.7 Å². The molecule has 1 aliphatic rings. The third-order valence-electron chi connectivity index (χ3n) is 5.30. The van der Waals surface area contributed by atoms with Crippen LogP contribution in [0.1, 0.15) is 23.8 Å². The molecule has 0 saturated heterocycles. The number of halogens is 1. The fourth-order valence-corrected chi connectivity index (χ4v) is 4.01. The van der Waals surface area contributed by atoms with E-state index in [1.807, 2.05) is 31.2 Å². The Kier molecular flexibility index (Phi) is 5.23. The third-order valence-corrected chi connectivity index (χ3v) is 5.61. The maximum Gasteiger partial charge on any atom is 0.157 e. The van der Waals surface area contributed by atoms with Crippen LogP contribution in [0, 0.1) is 0 Å². The monoisotopic (exact) mass is 428 g/mol. The quantitative estimate of drug-likeness (QED) is 0.336. The highest BCUT2D eigenvalue weighted by atomic mass is 35.5. The topological polar surface area (TPSA) is 38.5 Å². The van der Waals surface area contributed by atoms with Gasteiger partial charge in [0.15, 0.2) is 5.76 Å². The van der Waals surface area contributed by atoms with E-state index in [0.29, 0.717) is 23.9 Å². The largest absolute Gasteiger partial charge is 0.492 e. The van der Waals surface area contributed by atoms with Crippen LogP contribution >= 0.6 is 11.6 Å². The summed E-state index contributed by atoms with van der Waals surface area (Å²) < 4.78 is 11.4. The van der Waals surface area contributed by atoms with E-state index in [4.69, 9.17) is 20.9 Å². The zero-order valence-corrected chi connectivity index (χ0v) is 17.8. The molecule has 31 heavy (non-hydrogen) atoms. The van der Waals surface area contributed by atoms with Gasteiger partial charge in [0.2, 0.25) is 0 Å². The molecule has 0 N–H and O–H groups in total. The number of hydrogen-bond donors (Lipinski definition) is 0. The Morgan fingerprint density at radius 1 is 0.903 bits per heavy atom. The van der Waals surface area contributed by atoms with Crippen molar-refractivity contribution in [3.05, 3.63) is 94.7 Å². The Bertz CT molecular complexity index is 1210. The van der Waals surface area contributed by atoms with Crippen LogP contribution in [-0.2, 0) is 6.54 Å². The standard InChI is InChI=1S/C26H21ClN2O2/c1-2-30-26-15-20(13-14-22(26)27)23-16-21(31-28-23)17-29-24-9-5-3-7-18(24)11-12-19-8-4-6-10-25(19)29/h3-16H,2,17H2,1H3. The van der Waals surface area contributed by atoms with Crippen molar-refractivity contribution in [2.45, 2.75) is 13.5 Å². The van der Waals surface area contributed by atoms with E-state index in [9.17, 15) is 0 Å². The predicted molar refractivity (Wildman–Crippen MR) is 126 cm³/mol. The number of nitrogens with zero attached hydrogens (tertiary/aromatic N) is 2. The lowest BCUT2D eigenvalue weighted by molar-refractivity contribution is 0.340. The van der Waals surface area contributed by atoms with Crippen molar-refractivity contribution in [1.82, 2.24) is 5.16 Å². The molecular weight excluding hydrogens is 408 g/mol. The number of ether oxygens (including phenoxy) is 1. The van der Waals surface area contributed by atoms with E-state index in [0.717, 1.165) is 39.5 Å². The van der Waals surface area contributed by atoms with Gasteiger partial charge in [0.1, 0.15) is 11.4 Å². The van der Waals surface area contributed by atoms with Crippen molar-refractivity contribution in [1.29, 1.82) is 0 Å². The van der Waals surface area contributed by atoms with Crippen LogP contribution in [-0.4, -0.2) is 11.8 Å². The summed E-state index contributed by atoms with van der Waals surface area (Å²) in [6, 6.07) is 24.4. The molecule has 0 amide bonds. The van der Waals surface area contributed by atoms with Gasteiger partial charge >= 0.3 is 0 Å². The van der Waals surface area contributed by atoms with Gasteiger partial charge in [-0.25, -0.2) is 0 Å². The summed E-state index contributed by atoms with van der Waals surface area (Å²) in [5, 5.41) is 4.89. The normalized spacial score (nSPS) is 12.3. The summed E-state index contributed by atoms with van der Waals surface area (Å²) in [5.74, 6) is 1.42. The molecule has 0 aliphatic carbocycles. The molecule has 1 aliphatic heterocycles. The van der Waals surface area contributed by atoms with Crippen molar-refractivity contribution in [3.8, 4) is 17.0 Å². The van der Waals surface area contributed by atoms with Gasteiger partial charge in [-0.15, -0.1) is 0 Å². The second-order valence-corrected chi connectivity index (χ2v) is 7.70. The summed E-state index contributed by atoms with van der Waals surface area (Å²) in [5.41, 5.74) is 6.25. The average molecular weight is 429 g/mol. The molecule has 0 fully saturated rings. The first-order valence-electron chi connectivity index (χ1n) is 10.2. The maximum atomic E-state index is 6.23. The number of hydrogen-bond acceptors (Lipinski definition) is 4. The molecule has 154 valence electrons.